The SMILES string of the molecule is Cc1cccc2c(N)cccc12. The number of rotatable bonds is 0. The number of nitrogens with two attached hydrogens (primary N) is 1. The number of fused-ring (bicyclic) bond motifs is 1. The van der Waals surface area contributed by atoms with Crippen LogP contribution in [0.15, 0.2) is 36.4 Å². The van der Waals surface area contributed by atoms with Crippen LogP contribution >= 0.6 is 0 Å². The van der Waals surface area contributed by atoms with Crippen LogP contribution in [0.25, 0.3) is 10.8 Å². The van der Waals surface area contributed by atoms with Gasteiger partial charge in [0, 0.05) is 11.1 Å². The second-order valence-electron chi connectivity index (χ2n) is 3.02. The van der Waals surface area contributed by atoms with Crippen molar-refractivity contribution in [3.05, 3.63) is 42.0 Å². The summed E-state index contributed by atoms with van der Waals surface area (Å²) in [4.78, 5) is 0. The van der Waals surface area contributed by atoms with E-state index in [-0.39, 0.29) is 0 Å². The van der Waals surface area contributed by atoms with E-state index >= 15 is 0 Å². The first-order valence-electron chi connectivity index (χ1n) is 4.03. The van der Waals surface area contributed by atoms with E-state index in [9.17, 15) is 0 Å². The van der Waals surface area contributed by atoms with Gasteiger partial charge < -0.3 is 5.73 Å². The first-order valence-corrected chi connectivity index (χ1v) is 4.03. The van der Waals surface area contributed by atoms with E-state index in [2.05, 4.69) is 25.1 Å². The molecule has 2 N–H and O–H groups in total. The highest BCUT2D eigenvalue weighted by Crippen LogP contribution is 2.22. The maximum atomic E-state index is 5.83. The van der Waals surface area contributed by atoms with Crippen molar-refractivity contribution in [2.24, 2.45) is 0 Å². The Kier molecular flexibility index (Phi) is 1.51. The minimum atomic E-state index is 0.858. The van der Waals surface area contributed by atoms with Gasteiger partial charge in [-0.3, -0.25) is 0 Å². The third-order valence-corrected chi connectivity index (χ3v) is 2.17. The molecule has 2 rings (SSSR count). The standard InChI is InChI=1S/C11H11N/c1-8-4-2-6-10-9(8)5-3-7-11(10)12/h2-7H,12H2,1H3. The minimum Gasteiger partial charge on any atom is -0.398 e. The molecule has 0 saturated carbocycles. The van der Waals surface area contributed by atoms with Crippen molar-refractivity contribution < 1.29 is 0 Å². The molecule has 0 amide bonds. The summed E-state index contributed by atoms with van der Waals surface area (Å²) in [5.41, 5.74) is 7.96. The van der Waals surface area contributed by atoms with Crippen LogP contribution in [0.2, 0.25) is 0 Å². The van der Waals surface area contributed by atoms with Crippen LogP contribution in [0.5, 0.6) is 0 Å². The molecule has 0 heterocycles. The molecule has 0 fully saturated rings. The summed E-state index contributed by atoms with van der Waals surface area (Å²) < 4.78 is 0. The van der Waals surface area contributed by atoms with Gasteiger partial charge in [-0.1, -0.05) is 30.3 Å². The zero-order chi connectivity index (χ0) is 8.55. The lowest BCUT2D eigenvalue weighted by atomic mass is 10.0. The normalized spacial score (nSPS) is 10.4. The summed E-state index contributed by atoms with van der Waals surface area (Å²) in [6.07, 6.45) is 0. The first kappa shape index (κ1) is 7.17. The number of anilines is 1. The molecule has 0 aromatic heterocycles. The van der Waals surface area contributed by atoms with Crippen molar-refractivity contribution >= 4 is 16.5 Å². The highest BCUT2D eigenvalue weighted by molar-refractivity contribution is 5.94. The van der Waals surface area contributed by atoms with Gasteiger partial charge >= 0.3 is 0 Å². The molecular formula is C11H11N. The zero-order valence-corrected chi connectivity index (χ0v) is 7.04. The van der Waals surface area contributed by atoms with Crippen molar-refractivity contribution in [3.63, 3.8) is 0 Å². The van der Waals surface area contributed by atoms with Gasteiger partial charge in [-0.05, 0) is 23.9 Å². The lowest BCUT2D eigenvalue weighted by Gasteiger charge is -2.03. The third kappa shape index (κ3) is 0.944. The number of hydrogen-bond acceptors (Lipinski definition) is 1. The predicted octanol–water partition coefficient (Wildman–Crippen LogP) is 2.73. The van der Waals surface area contributed by atoms with Gasteiger partial charge in [0.1, 0.15) is 0 Å². The van der Waals surface area contributed by atoms with E-state index < -0.39 is 0 Å². The maximum absolute atomic E-state index is 5.83. The molecule has 1 nitrogen and oxygen atoms in total. The van der Waals surface area contributed by atoms with Gasteiger partial charge in [-0.15, -0.1) is 0 Å². The molecule has 0 unspecified atom stereocenters. The van der Waals surface area contributed by atoms with Gasteiger partial charge in [0.05, 0.1) is 0 Å². The average molecular weight is 157 g/mol. The molecule has 0 radical (unpaired) electrons. The van der Waals surface area contributed by atoms with Gasteiger partial charge in [0.15, 0.2) is 0 Å². The molecule has 0 aliphatic heterocycles. The summed E-state index contributed by atoms with van der Waals surface area (Å²) in [7, 11) is 0. The fraction of sp³-hybridized carbons (Fsp3) is 0.0909. The largest absolute Gasteiger partial charge is 0.398 e. The molecule has 0 spiro atoms. The van der Waals surface area contributed by atoms with Gasteiger partial charge in [-0.25, -0.2) is 0 Å². The highest BCUT2D eigenvalue weighted by atomic mass is 14.5. The summed E-state index contributed by atoms with van der Waals surface area (Å²) in [6.45, 7) is 2.10. The molecule has 12 heavy (non-hydrogen) atoms. The molecule has 0 saturated heterocycles. The van der Waals surface area contributed by atoms with Gasteiger partial charge in [0.2, 0.25) is 0 Å². The Morgan fingerprint density at radius 3 is 2.33 bits per heavy atom. The van der Waals surface area contributed by atoms with Crippen LogP contribution in [-0.2, 0) is 0 Å². The van der Waals surface area contributed by atoms with Crippen LogP contribution in [0.3, 0.4) is 0 Å². The molecule has 1 heteroatoms. The van der Waals surface area contributed by atoms with Gasteiger partial charge in [-0.2, -0.15) is 0 Å². The Balaban J connectivity index is 2.94. The molecule has 60 valence electrons. The van der Waals surface area contributed by atoms with E-state index in [0.717, 1.165) is 11.1 Å². The van der Waals surface area contributed by atoms with Gasteiger partial charge in [0.25, 0.3) is 0 Å². The summed E-state index contributed by atoms with van der Waals surface area (Å²) >= 11 is 0. The van der Waals surface area contributed by atoms with Crippen molar-refractivity contribution in [1.82, 2.24) is 0 Å². The summed E-state index contributed by atoms with van der Waals surface area (Å²) in [5.74, 6) is 0. The Morgan fingerprint density at radius 2 is 1.58 bits per heavy atom. The minimum absolute atomic E-state index is 0.858. The van der Waals surface area contributed by atoms with E-state index in [0.29, 0.717) is 0 Å². The van der Waals surface area contributed by atoms with E-state index in [1.807, 2.05) is 18.2 Å². The molecular weight excluding hydrogens is 146 g/mol. The van der Waals surface area contributed by atoms with E-state index in [1.165, 1.54) is 10.9 Å². The maximum Gasteiger partial charge on any atom is 0.0393 e. The highest BCUT2D eigenvalue weighted by Gasteiger charge is 1.97. The molecule has 0 bridgehead atoms. The van der Waals surface area contributed by atoms with Crippen LogP contribution in [0, 0.1) is 6.92 Å². The van der Waals surface area contributed by atoms with E-state index in [4.69, 9.17) is 5.73 Å². The fourth-order valence-corrected chi connectivity index (χ4v) is 1.49. The predicted molar refractivity (Wildman–Crippen MR) is 53.1 cm³/mol. The smallest absolute Gasteiger partial charge is 0.0393 e. The molecule has 0 aliphatic carbocycles. The first-order chi connectivity index (χ1) is 5.79. The molecule has 2 aromatic carbocycles. The number of nitrogen functional groups attached to an aromatic ring is 1. The quantitative estimate of drug-likeness (QED) is 0.584. The Bertz CT molecular complexity index is 377. The second kappa shape index (κ2) is 2.52. The lowest BCUT2D eigenvalue weighted by molar-refractivity contribution is 1.53. The lowest BCUT2D eigenvalue weighted by Crippen LogP contribution is -1.86. The van der Waals surface area contributed by atoms with Crippen LogP contribution < -0.4 is 5.73 Å². The Labute approximate surface area is 71.8 Å². The second-order valence-corrected chi connectivity index (χ2v) is 3.02. The van der Waals surface area contributed by atoms with E-state index in [1.54, 1.807) is 0 Å². The van der Waals surface area contributed by atoms with Crippen molar-refractivity contribution in [1.29, 1.82) is 0 Å². The van der Waals surface area contributed by atoms with Crippen LogP contribution in [-0.4, -0.2) is 0 Å². The molecule has 0 atom stereocenters. The monoisotopic (exact) mass is 157 g/mol. The topological polar surface area (TPSA) is 26.0 Å². The van der Waals surface area contributed by atoms with Crippen molar-refractivity contribution in [2.45, 2.75) is 6.92 Å². The number of hydrogen-bond donors (Lipinski definition) is 1. The van der Waals surface area contributed by atoms with Crippen molar-refractivity contribution in [3.8, 4) is 0 Å². The summed E-state index contributed by atoms with van der Waals surface area (Å²) in [5, 5.41) is 2.40. The third-order valence-electron chi connectivity index (χ3n) is 2.17. The number of benzene rings is 2. The average Bonchev–Trinajstić information content (AvgIpc) is 2.07. The fourth-order valence-electron chi connectivity index (χ4n) is 1.49. The molecule has 0 aliphatic rings. The van der Waals surface area contributed by atoms with Crippen molar-refractivity contribution in [2.75, 3.05) is 5.73 Å². The Hall–Kier alpha value is -1.50. The zero-order valence-electron chi connectivity index (χ0n) is 7.04. The number of aryl methyl sites for hydroxylation is 1. The Morgan fingerprint density at radius 1 is 0.917 bits per heavy atom. The summed E-state index contributed by atoms with van der Waals surface area (Å²) in [6, 6.07) is 12.2. The molecule has 2 aromatic rings. The van der Waals surface area contributed by atoms with Crippen LogP contribution in [0.4, 0.5) is 5.69 Å². The van der Waals surface area contributed by atoms with Crippen LogP contribution in [0.1, 0.15) is 5.56 Å².